The molecule has 1 fully saturated rings. The molecule has 1 saturated heterocycles. The van der Waals surface area contributed by atoms with Crippen LogP contribution in [0.4, 0.5) is 5.82 Å². The van der Waals surface area contributed by atoms with E-state index in [0.29, 0.717) is 6.54 Å². The summed E-state index contributed by atoms with van der Waals surface area (Å²) in [5, 5.41) is 12.4. The minimum atomic E-state index is -0.239. The first-order chi connectivity index (χ1) is 12.0. The molecule has 25 heavy (non-hydrogen) atoms. The molecule has 1 aliphatic heterocycles. The summed E-state index contributed by atoms with van der Waals surface area (Å²) < 4.78 is 5.22. The molecule has 0 bridgehead atoms. The van der Waals surface area contributed by atoms with E-state index >= 15 is 0 Å². The topological polar surface area (TPSA) is 75.4 Å². The van der Waals surface area contributed by atoms with Crippen molar-refractivity contribution < 1.29 is 9.32 Å². The van der Waals surface area contributed by atoms with Crippen LogP contribution >= 0.6 is 0 Å². The highest BCUT2D eigenvalue weighted by Crippen LogP contribution is 2.25. The maximum absolute atomic E-state index is 13.0. The summed E-state index contributed by atoms with van der Waals surface area (Å²) in [6.07, 6.45) is 0.912. The Balaban J connectivity index is 1.68. The van der Waals surface area contributed by atoms with Gasteiger partial charge in [0.05, 0.1) is 17.3 Å². The summed E-state index contributed by atoms with van der Waals surface area (Å²) in [6.45, 7) is 10.7. The van der Waals surface area contributed by atoms with Gasteiger partial charge in [0.25, 0.3) is 0 Å². The molecule has 0 saturated carbocycles. The Morgan fingerprint density at radius 2 is 1.92 bits per heavy atom. The number of carbonyl (C=O) groups is 1. The number of anilines is 1. The van der Waals surface area contributed by atoms with E-state index in [1.54, 1.807) is 0 Å². The van der Waals surface area contributed by atoms with E-state index in [0.717, 1.165) is 54.6 Å². The Morgan fingerprint density at radius 1 is 1.12 bits per heavy atom. The molecule has 2 aromatic rings. The van der Waals surface area contributed by atoms with Gasteiger partial charge in [-0.05, 0) is 46.2 Å². The van der Waals surface area contributed by atoms with Crippen LogP contribution in [0.3, 0.4) is 0 Å². The second kappa shape index (κ2) is 7.21. The molecule has 134 valence electrons. The summed E-state index contributed by atoms with van der Waals surface area (Å²) in [6, 6.07) is 3.96. The third-order valence-corrected chi connectivity index (χ3v) is 4.81. The van der Waals surface area contributed by atoms with Crippen LogP contribution in [-0.2, 0) is 4.79 Å². The molecule has 1 unspecified atom stereocenters. The van der Waals surface area contributed by atoms with E-state index in [2.05, 4.69) is 20.3 Å². The molecule has 0 aliphatic carbocycles. The Kier molecular flexibility index (Phi) is 5.01. The van der Waals surface area contributed by atoms with Crippen molar-refractivity contribution in [2.24, 2.45) is 0 Å². The molecule has 0 spiro atoms. The van der Waals surface area contributed by atoms with Gasteiger partial charge in [-0.15, -0.1) is 5.10 Å². The maximum Gasteiger partial charge on any atom is 0.230 e. The number of hydrogen-bond donors (Lipinski definition) is 0. The monoisotopic (exact) mass is 343 g/mol. The largest absolute Gasteiger partial charge is 0.361 e. The van der Waals surface area contributed by atoms with Crippen LogP contribution in [0.1, 0.15) is 42.0 Å². The van der Waals surface area contributed by atoms with Crippen molar-refractivity contribution in [2.45, 2.75) is 40.0 Å². The van der Waals surface area contributed by atoms with Gasteiger partial charge >= 0.3 is 0 Å². The fourth-order valence-corrected chi connectivity index (χ4v) is 3.43. The van der Waals surface area contributed by atoms with Crippen LogP contribution in [0.5, 0.6) is 0 Å². The number of amides is 1. The zero-order valence-electron chi connectivity index (χ0n) is 15.3. The fourth-order valence-electron chi connectivity index (χ4n) is 3.43. The lowest BCUT2D eigenvalue weighted by Gasteiger charge is -2.25. The van der Waals surface area contributed by atoms with E-state index in [-0.39, 0.29) is 11.8 Å². The van der Waals surface area contributed by atoms with Gasteiger partial charge in [0.1, 0.15) is 5.76 Å². The third kappa shape index (κ3) is 3.65. The second-order valence-corrected chi connectivity index (χ2v) is 6.66. The predicted octanol–water partition coefficient (Wildman–Crippen LogP) is 2.23. The van der Waals surface area contributed by atoms with Crippen LogP contribution in [0.25, 0.3) is 0 Å². The average Bonchev–Trinajstić information content (AvgIpc) is 2.80. The van der Waals surface area contributed by atoms with Gasteiger partial charge in [0.2, 0.25) is 5.91 Å². The van der Waals surface area contributed by atoms with Crippen LogP contribution in [-0.4, -0.2) is 52.3 Å². The molecule has 2 aromatic heterocycles. The smallest absolute Gasteiger partial charge is 0.230 e. The molecule has 3 rings (SSSR count). The van der Waals surface area contributed by atoms with Crippen LogP contribution < -0.4 is 4.90 Å². The minimum Gasteiger partial charge on any atom is -0.361 e. The van der Waals surface area contributed by atoms with Gasteiger partial charge in [0.15, 0.2) is 5.82 Å². The van der Waals surface area contributed by atoms with E-state index < -0.39 is 0 Å². The van der Waals surface area contributed by atoms with Crippen molar-refractivity contribution in [3.05, 3.63) is 34.8 Å². The lowest BCUT2D eigenvalue weighted by Crippen LogP contribution is -2.38. The molecule has 7 nitrogen and oxygen atoms in total. The number of rotatable bonds is 3. The average molecular weight is 343 g/mol. The second-order valence-electron chi connectivity index (χ2n) is 6.66. The highest BCUT2D eigenvalue weighted by atomic mass is 16.5. The lowest BCUT2D eigenvalue weighted by molar-refractivity contribution is -0.132. The number of hydrogen-bond acceptors (Lipinski definition) is 6. The van der Waals surface area contributed by atoms with Crippen molar-refractivity contribution in [1.82, 2.24) is 20.3 Å². The summed E-state index contributed by atoms with van der Waals surface area (Å²) >= 11 is 0. The molecule has 7 heteroatoms. The summed E-state index contributed by atoms with van der Waals surface area (Å²) in [4.78, 5) is 17.1. The van der Waals surface area contributed by atoms with Crippen LogP contribution in [0, 0.1) is 20.8 Å². The van der Waals surface area contributed by atoms with Gasteiger partial charge in [-0.1, -0.05) is 5.16 Å². The van der Waals surface area contributed by atoms with Crippen molar-refractivity contribution in [3.8, 4) is 0 Å². The predicted molar refractivity (Wildman–Crippen MR) is 94.6 cm³/mol. The maximum atomic E-state index is 13.0. The van der Waals surface area contributed by atoms with Gasteiger partial charge in [0, 0.05) is 31.7 Å². The van der Waals surface area contributed by atoms with Gasteiger partial charge < -0.3 is 14.3 Å². The first kappa shape index (κ1) is 17.4. The van der Waals surface area contributed by atoms with Gasteiger partial charge in [-0.25, -0.2) is 0 Å². The molecule has 1 aliphatic rings. The summed E-state index contributed by atoms with van der Waals surface area (Å²) in [5.74, 6) is 1.49. The summed E-state index contributed by atoms with van der Waals surface area (Å²) in [7, 11) is 0. The number of nitrogens with zero attached hydrogens (tertiary/aromatic N) is 5. The molecule has 3 heterocycles. The standard InChI is InChI=1S/C18H25N5O2/c1-12-6-7-16(20-19-12)22-8-5-9-23(11-10-22)18(24)13(2)17-14(3)21-25-15(17)4/h6-7,13H,5,8-11H2,1-4H3. The van der Waals surface area contributed by atoms with Gasteiger partial charge in [-0.3, -0.25) is 4.79 Å². The first-order valence-electron chi connectivity index (χ1n) is 8.74. The SMILES string of the molecule is Cc1ccc(N2CCCN(C(=O)C(C)c3c(C)noc3C)CC2)nn1. The van der Waals surface area contributed by atoms with E-state index in [1.165, 1.54) is 0 Å². The van der Waals surface area contributed by atoms with Gasteiger partial charge in [-0.2, -0.15) is 5.10 Å². The molecular weight excluding hydrogens is 318 g/mol. The fraction of sp³-hybridized carbons (Fsp3) is 0.556. The molecule has 0 N–H and O–H groups in total. The lowest BCUT2D eigenvalue weighted by atomic mass is 9.98. The van der Waals surface area contributed by atoms with Crippen molar-refractivity contribution in [3.63, 3.8) is 0 Å². The quantitative estimate of drug-likeness (QED) is 0.851. The Labute approximate surface area is 148 Å². The Morgan fingerprint density at radius 3 is 2.56 bits per heavy atom. The molecule has 1 amide bonds. The van der Waals surface area contributed by atoms with Crippen LogP contribution in [0.15, 0.2) is 16.7 Å². The molecule has 0 aromatic carbocycles. The number of aromatic nitrogens is 3. The van der Waals surface area contributed by atoms with Crippen molar-refractivity contribution in [1.29, 1.82) is 0 Å². The zero-order valence-corrected chi connectivity index (χ0v) is 15.3. The zero-order chi connectivity index (χ0) is 18.0. The van der Waals surface area contributed by atoms with Crippen molar-refractivity contribution >= 4 is 11.7 Å². The Bertz CT molecular complexity index is 721. The third-order valence-electron chi connectivity index (χ3n) is 4.81. The Hall–Kier alpha value is -2.44. The number of carbonyl (C=O) groups excluding carboxylic acids is 1. The van der Waals surface area contributed by atoms with Crippen LogP contribution in [0.2, 0.25) is 0 Å². The first-order valence-corrected chi connectivity index (χ1v) is 8.74. The molecule has 0 radical (unpaired) electrons. The minimum absolute atomic E-state index is 0.131. The highest BCUT2D eigenvalue weighted by molar-refractivity contribution is 5.84. The van der Waals surface area contributed by atoms with E-state index in [4.69, 9.17) is 4.52 Å². The summed E-state index contributed by atoms with van der Waals surface area (Å²) in [5.41, 5.74) is 2.61. The number of aryl methyl sites for hydroxylation is 3. The van der Waals surface area contributed by atoms with Crippen molar-refractivity contribution in [2.75, 3.05) is 31.1 Å². The van der Waals surface area contributed by atoms with E-state index in [9.17, 15) is 4.79 Å². The normalized spacial score (nSPS) is 16.6. The molecule has 1 atom stereocenters. The molecular formula is C18H25N5O2. The van der Waals surface area contributed by atoms with E-state index in [1.807, 2.05) is 44.7 Å². The highest BCUT2D eigenvalue weighted by Gasteiger charge is 2.28.